The summed E-state index contributed by atoms with van der Waals surface area (Å²) in [4.78, 5) is 10.7. The predicted molar refractivity (Wildman–Crippen MR) is 40.3 cm³/mol. The van der Waals surface area contributed by atoms with E-state index in [1.165, 1.54) is 0 Å². The van der Waals surface area contributed by atoms with Crippen molar-refractivity contribution in [3.8, 4) is 0 Å². The van der Waals surface area contributed by atoms with Crippen molar-refractivity contribution in [2.75, 3.05) is 6.61 Å². The van der Waals surface area contributed by atoms with Gasteiger partial charge in [0.25, 0.3) is 0 Å². The van der Waals surface area contributed by atoms with Crippen LogP contribution in [0, 0.1) is 0 Å². The number of hydrogen-bond acceptors (Lipinski definition) is 3. The third-order valence-corrected chi connectivity index (χ3v) is 1.48. The zero-order valence-electron chi connectivity index (χ0n) is 6.58. The zero-order valence-corrected chi connectivity index (χ0v) is 6.58. The average Bonchev–Trinajstić information content (AvgIpc) is 2.40. The lowest BCUT2D eigenvalue weighted by atomic mass is 10.3. The number of allylic oxidation sites excluding steroid dienone is 1. The second-order valence-electron chi connectivity index (χ2n) is 2.34. The minimum absolute atomic E-state index is 0.0611. The zero-order chi connectivity index (χ0) is 8.10. The Kier molecular flexibility index (Phi) is 2.95. The molecule has 1 aliphatic carbocycles. The Balaban J connectivity index is 2.19. The van der Waals surface area contributed by atoms with Gasteiger partial charge in [-0.2, -0.15) is 0 Å². The van der Waals surface area contributed by atoms with Gasteiger partial charge in [-0.1, -0.05) is 6.08 Å². The molecule has 11 heavy (non-hydrogen) atoms. The van der Waals surface area contributed by atoms with Crippen molar-refractivity contribution in [1.82, 2.24) is 0 Å². The quantitative estimate of drug-likeness (QED) is 0.452. The van der Waals surface area contributed by atoms with Crippen LogP contribution in [-0.2, 0) is 9.47 Å². The van der Waals surface area contributed by atoms with Crippen molar-refractivity contribution in [2.45, 2.75) is 25.9 Å². The molecule has 0 amide bonds. The smallest absolute Gasteiger partial charge is 0.435 e. The highest BCUT2D eigenvalue weighted by atomic mass is 16.7. The molecule has 3 nitrogen and oxygen atoms in total. The van der Waals surface area contributed by atoms with E-state index in [1.807, 2.05) is 12.2 Å². The molecule has 0 aliphatic heterocycles. The van der Waals surface area contributed by atoms with Crippen LogP contribution in [0.5, 0.6) is 0 Å². The fraction of sp³-hybridized carbons (Fsp3) is 0.625. The van der Waals surface area contributed by atoms with Crippen LogP contribution in [0.3, 0.4) is 0 Å². The highest BCUT2D eigenvalue weighted by molar-refractivity contribution is 5.60. The molecule has 0 fully saturated rings. The molecule has 0 saturated heterocycles. The lowest BCUT2D eigenvalue weighted by Gasteiger charge is -2.08. The summed E-state index contributed by atoms with van der Waals surface area (Å²) in [6.07, 6.45) is 5.14. The van der Waals surface area contributed by atoms with Gasteiger partial charge in [-0.05, 0) is 25.8 Å². The lowest BCUT2D eigenvalue weighted by molar-refractivity contribution is 0.0406. The minimum Gasteiger partial charge on any atom is -0.435 e. The molecule has 1 atom stereocenters. The van der Waals surface area contributed by atoms with E-state index in [2.05, 4.69) is 4.74 Å². The van der Waals surface area contributed by atoms with Gasteiger partial charge in [0, 0.05) is 0 Å². The summed E-state index contributed by atoms with van der Waals surface area (Å²) in [6, 6.07) is 0. The standard InChI is InChI=1S/C8H12O3/c1-2-10-8(9)11-7-5-3-4-6-7/h3,5,7H,2,4,6H2,1H3. The minimum atomic E-state index is -0.566. The van der Waals surface area contributed by atoms with Crippen molar-refractivity contribution in [3.05, 3.63) is 12.2 Å². The molecule has 0 saturated carbocycles. The van der Waals surface area contributed by atoms with Crippen molar-refractivity contribution < 1.29 is 14.3 Å². The number of carbonyl (C=O) groups is 1. The van der Waals surface area contributed by atoms with Crippen LogP contribution in [-0.4, -0.2) is 18.9 Å². The SMILES string of the molecule is CCOC(=O)OC1C=CCC1. The summed E-state index contributed by atoms with van der Waals surface area (Å²) in [5.41, 5.74) is 0. The first-order chi connectivity index (χ1) is 5.33. The second-order valence-corrected chi connectivity index (χ2v) is 2.34. The Hall–Kier alpha value is -0.990. The highest BCUT2D eigenvalue weighted by Crippen LogP contribution is 2.13. The van der Waals surface area contributed by atoms with Crippen LogP contribution in [0.15, 0.2) is 12.2 Å². The number of ether oxygens (including phenoxy) is 2. The van der Waals surface area contributed by atoms with Gasteiger partial charge in [0.2, 0.25) is 0 Å². The molecule has 0 N–H and O–H groups in total. The van der Waals surface area contributed by atoms with E-state index in [0.29, 0.717) is 6.61 Å². The topological polar surface area (TPSA) is 35.5 Å². The number of rotatable bonds is 2. The third-order valence-electron chi connectivity index (χ3n) is 1.48. The molecule has 1 unspecified atom stereocenters. The molecule has 0 heterocycles. The van der Waals surface area contributed by atoms with Crippen molar-refractivity contribution in [1.29, 1.82) is 0 Å². The van der Waals surface area contributed by atoms with Crippen LogP contribution in [0.2, 0.25) is 0 Å². The predicted octanol–water partition coefficient (Wildman–Crippen LogP) is 1.88. The maximum Gasteiger partial charge on any atom is 0.508 e. The molecule has 0 bridgehead atoms. The maximum atomic E-state index is 10.7. The monoisotopic (exact) mass is 156 g/mol. The van der Waals surface area contributed by atoms with Gasteiger partial charge in [0.1, 0.15) is 6.10 Å². The van der Waals surface area contributed by atoms with Crippen molar-refractivity contribution in [2.24, 2.45) is 0 Å². The summed E-state index contributed by atoms with van der Waals surface area (Å²) < 4.78 is 9.51. The van der Waals surface area contributed by atoms with E-state index in [0.717, 1.165) is 12.8 Å². The van der Waals surface area contributed by atoms with E-state index in [1.54, 1.807) is 6.92 Å². The van der Waals surface area contributed by atoms with Gasteiger partial charge in [-0.25, -0.2) is 4.79 Å². The van der Waals surface area contributed by atoms with Crippen molar-refractivity contribution >= 4 is 6.16 Å². The number of hydrogen-bond donors (Lipinski definition) is 0. The molecular formula is C8H12O3. The van der Waals surface area contributed by atoms with Crippen LogP contribution in [0.1, 0.15) is 19.8 Å². The number of carbonyl (C=O) groups excluding carboxylic acids is 1. The fourth-order valence-corrected chi connectivity index (χ4v) is 0.978. The molecule has 0 aromatic rings. The van der Waals surface area contributed by atoms with E-state index in [-0.39, 0.29) is 6.10 Å². The maximum absolute atomic E-state index is 10.7. The van der Waals surface area contributed by atoms with Gasteiger partial charge < -0.3 is 9.47 Å². The van der Waals surface area contributed by atoms with Gasteiger partial charge in [0.05, 0.1) is 6.61 Å². The van der Waals surface area contributed by atoms with Crippen LogP contribution >= 0.6 is 0 Å². The summed E-state index contributed by atoms with van der Waals surface area (Å²) in [5.74, 6) is 0. The summed E-state index contributed by atoms with van der Waals surface area (Å²) >= 11 is 0. The Bertz CT molecular complexity index is 163. The first kappa shape index (κ1) is 8.11. The van der Waals surface area contributed by atoms with Crippen LogP contribution < -0.4 is 0 Å². The summed E-state index contributed by atoms with van der Waals surface area (Å²) in [7, 11) is 0. The Morgan fingerprint density at radius 2 is 2.55 bits per heavy atom. The largest absolute Gasteiger partial charge is 0.508 e. The molecule has 0 radical (unpaired) electrons. The second kappa shape index (κ2) is 4.01. The molecule has 0 aromatic carbocycles. The molecular weight excluding hydrogens is 144 g/mol. The Labute approximate surface area is 66.0 Å². The third kappa shape index (κ3) is 2.62. The molecule has 3 heteroatoms. The molecule has 0 aromatic heterocycles. The molecule has 62 valence electrons. The summed E-state index contributed by atoms with van der Waals surface area (Å²) in [5, 5.41) is 0. The first-order valence-corrected chi connectivity index (χ1v) is 3.83. The van der Waals surface area contributed by atoms with Crippen molar-refractivity contribution in [3.63, 3.8) is 0 Å². The average molecular weight is 156 g/mol. The fourth-order valence-electron chi connectivity index (χ4n) is 0.978. The van der Waals surface area contributed by atoms with E-state index in [4.69, 9.17) is 4.74 Å². The first-order valence-electron chi connectivity index (χ1n) is 3.83. The Morgan fingerprint density at radius 3 is 3.09 bits per heavy atom. The van der Waals surface area contributed by atoms with Crippen LogP contribution in [0.25, 0.3) is 0 Å². The van der Waals surface area contributed by atoms with E-state index >= 15 is 0 Å². The van der Waals surface area contributed by atoms with E-state index in [9.17, 15) is 4.79 Å². The van der Waals surface area contributed by atoms with E-state index < -0.39 is 6.16 Å². The van der Waals surface area contributed by atoms with Crippen LogP contribution in [0.4, 0.5) is 4.79 Å². The van der Waals surface area contributed by atoms with Gasteiger partial charge in [-0.15, -0.1) is 0 Å². The van der Waals surface area contributed by atoms with Gasteiger partial charge in [0.15, 0.2) is 0 Å². The normalized spacial score (nSPS) is 21.7. The molecule has 1 rings (SSSR count). The Morgan fingerprint density at radius 1 is 1.73 bits per heavy atom. The van der Waals surface area contributed by atoms with Gasteiger partial charge in [-0.3, -0.25) is 0 Å². The molecule has 1 aliphatic rings. The van der Waals surface area contributed by atoms with Gasteiger partial charge >= 0.3 is 6.16 Å². The highest BCUT2D eigenvalue weighted by Gasteiger charge is 2.14. The molecule has 0 spiro atoms. The lowest BCUT2D eigenvalue weighted by Crippen LogP contribution is -2.14. The summed E-state index contributed by atoms with van der Waals surface area (Å²) in [6.45, 7) is 2.13.